The third kappa shape index (κ3) is 5.87. The Hall–Kier alpha value is -3.01. The molecule has 10 heteroatoms. The fourth-order valence-corrected chi connectivity index (χ4v) is 3.13. The molecule has 0 amide bonds. The van der Waals surface area contributed by atoms with Gasteiger partial charge in [0.15, 0.2) is 6.10 Å². The van der Waals surface area contributed by atoms with Gasteiger partial charge in [-0.2, -0.15) is 13.2 Å². The number of hydrogen-bond acceptors (Lipinski definition) is 6. The van der Waals surface area contributed by atoms with Crippen LogP contribution in [0.25, 0.3) is 11.0 Å². The summed E-state index contributed by atoms with van der Waals surface area (Å²) in [6.45, 7) is 5.39. The third-order valence-corrected chi connectivity index (χ3v) is 4.99. The summed E-state index contributed by atoms with van der Waals surface area (Å²) in [7, 11) is 0. The highest BCUT2D eigenvalue weighted by Gasteiger charge is 2.40. The molecule has 0 aliphatic heterocycles. The van der Waals surface area contributed by atoms with E-state index in [2.05, 4.69) is 15.9 Å². The Bertz CT molecular complexity index is 1220. The van der Waals surface area contributed by atoms with Crippen LogP contribution in [-0.4, -0.2) is 18.7 Å². The van der Waals surface area contributed by atoms with E-state index >= 15 is 0 Å². The quantitative estimate of drug-likeness (QED) is 0.333. The van der Waals surface area contributed by atoms with Gasteiger partial charge in [0.1, 0.15) is 17.1 Å². The molecule has 0 N–H and O–H groups in total. The topological polar surface area (TPSA) is 75.0 Å². The minimum Gasteiger partial charge on any atom is -0.479 e. The summed E-state index contributed by atoms with van der Waals surface area (Å²) < 4.78 is 62.4. The summed E-state index contributed by atoms with van der Waals surface area (Å²) in [5, 5.41) is -0.146. The smallest absolute Gasteiger partial charge is 0.453 e. The standard InChI is InChI=1S/C23H20BrF3O6/c1-12(2)11-30-22(29)13(3)31-14-8-9-15-18(10-14)33-21(23(25,26)27)20(19(15)28)32-17-7-5-4-6-16(17)24/h4-10,12-13H,11H2,1-3H3/t13-/m1/s1. The predicted octanol–water partition coefficient (Wildman–Crippen LogP) is 6.33. The van der Waals surface area contributed by atoms with E-state index in [1.54, 1.807) is 18.2 Å². The molecule has 1 atom stereocenters. The van der Waals surface area contributed by atoms with Gasteiger partial charge >= 0.3 is 12.1 Å². The summed E-state index contributed by atoms with van der Waals surface area (Å²) in [6, 6.07) is 9.86. The van der Waals surface area contributed by atoms with Crippen LogP contribution in [0.15, 0.2) is 56.1 Å². The van der Waals surface area contributed by atoms with Crippen LogP contribution < -0.4 is 14.9 Å². The monoisotopic (exact) mass is 528 g/mol. The first-order valence-corrected chi connectivity index (χ1v) is 10.7. The summed E-state index contributed by atoms with van der Waals surface area (Å²) in [6.07, 6.45) is -6.03. The van der Waals surface area contributed by atoms with Crippen LogP contribution in [0.2, 0.25) is 0 Å². The molecule has 0 bridgehead atoms. The van der Waals surface area contributed by atoms with Gasteiger partial charge in [0, 0.05) is 6.07 Å². The lowest BCUT2D eigenvalue weighted by atomic mass is 10.2. The number of carbonyl (C=O) groups excluding carboxylic acids is 1. The molecule has 2 aromatic carbocycles. The zero-order valence-corrected chi connectivity index (χ0v) is 19.5. The molecule has 3 rings (SSSR count). The second-order valence-corrected chi connectivity index (χ2v) is 8.42. The van der Waals surface area contributed by atoms with E-state index in [1.165, 1.54) is 25.1 Å². The number of halogens is 4. The highest BCUT2D eigenvalue weighted by molar-refractivity contribution is 9.10. The third-order valence-electron chi connectivity index (χ3n) is 4.33. The molecule has 3 aromatic rings. The van der Waals surface area contributed by atoms with Crippen molar-refractivity contribution in [1.82, 2.24) is 0 Å². The maximum absolute atomic E-state index is 13.7. The molecule has 176 valence electrons. The number of para-hydroxylation sites is 1. The number of rotatable bonds is 7. The highest BCUT2D eigenvalue weighted by Crippen LogP contribution is 2.39. The van der Waals surface area contributed by atoms with Crippen molar-refractivity contribution in [2.45, 2.75) is 33.1 Å². The number of alkyl halides is 3. The van der Waals surface area contributed by atoms with Gasteiger partial charge in [-0.25, -0.2) is 4.79 Å². The van der Waals surface area contributed by atoms with Crippen LogP contribution in [0.1, 0.15) is 26.5 Å². The van der Waals surface area contributed by atoms with Crippen molar-refractivity contribution in [2.24, 2.45) is 5.92 Å². The predicted molar refractivity (Wildman–Crippen MR) is 118 cm³/mol. The number of fused-ring (bicyclic) bond motifs is 1. The maximum Gasteiger partial charge on any atom is 0.453 e. The second kappa shape index (κ2) is 9.86. The number of benzene rings is 2. The Labute approximate surface area is 195 Å². The van der Waals surface area contributed by atoms with E-state index in [9.17, 15) is 22.8 Å². The first kappa shape index (κ1) is 24.6. The van der Waals surface area contributed by atoms with Crippen molar-refractivity contribution >= 4 is 32.9 Å². The Morgan fingerprint density at radius 2 is 1.82 bits per heavy atom. The molecule has 0 aliphatic carbocycles. The maximum atomic E-state index is 13.7. The number of hydrogen-bond donors (Lipinski definition) is 0. The van der Waals surface area contributed by atoms with E-state index in [1.807, 2.05) is 13.8 Å². The lowest BCUT2D eigenvalue weighted by molar-refractivity contribution is -0.154. The lowest BCUT2D eigenvalue weighted by Crippen LogP contribution is -2.27. The van der Waals surface area contributed by atoms with Gasteiger partial charge < -0.3 is 18.6 Å². The van der Waals surface area contributed by atoms with Crippen LogP contribution in [0, 0.1) is 5.92 Å². The minimum absolute atomic E-state index is 0.0170. The molecule has 1 heterocycles. The van der Waals surface area contributed by atoms with Crippen molar-refractivity contribution in [3.63, 3.8) is 0 Å². The van der Waals surface area contributed by atoms with Crippen LogP contribution in [0.3, 0.4) is 0 Å². The van der Waals surface area contributed by atoms with Crippen LogP contribution >= 0.6 is 15.9 Å². The molecule has 1 aromatic heterocycles. The molecule has 0 fully saturated rings. The van der Waals surface area contributed by atoms with Gasteiger partial charge in [0.2, 0.25) is 11.2 Å². The first-order chi connectivity index (χ1) is 15.5. The largest absolute Gasteiger partial charge is 0.479 e. The van der Waals surface area contributed by atoms with Crippen molar-refractivity contribution < 1.29 is 36.6 Å². The summed E-state index contributed by atoms with van der Waals surface area (Å²) in [5.41, 5.74) is -1.37. The van der Waals surface area contributed by atoms with Gasteiger partial charge in [-0.15, -0.1) is 0 Å². The van der Waals surface area contributed by atoms with Gasteiger partial charge in [-0.1, -0.05) is 26.0 Å². The van der Waals surface area contributed by atoms with Gasteiger partial charge in [-0.3, -0.25) is 4.79 Å². The number of ether oxygens (including phenoxy) is 3. The van der Waals surface area contributed by atoms with Gasteiger partial charge in [-0.05, 0) is 53.0 Å². The van der Waals surface area contributed by atoms with Crippen LogP contribution in [-0.2, 0) is 15.7 Å². The molecular formula is C23H20BrF3O6. The molecule has 0 saturated carbocycles. The van der Waals surface area contributed by atoms with E-state index in [4.69, 9.17) is 18.6 Å². The summed E-state index contributed by atoms with van der Waals surface area (Å²) in [4.78, 5) is 24.9. The van der Waals surface area contributed by atoms with Crippen molar-refractivity contribution in [2.75, 3.05) is 6.61 Å². The van der Waals surface area contributed by atoms with Crippen molar-refractivity contribution in [1.29, 1.82) is 0 Å². The van der Waals surface area contributed by atoms with Gasteiger partial charge in [0.25, 0.3) is 5.76 Å². The van der Waals surface area contributed by atoms with E-state index in [0.29, 0.717) is 4.47 Å². The normalized spacial score (nSPS) is 12.6. The zero-order valence-electron chi connectivity index (χ0n) is 17.9. The van der Waals surface area contributed by atoms with Crippen molar-refractivity contribution in [3.05, 3.63) is 62.9 Å². The van der Waals surface area contributed by atoms with Crippen LogP contribution in [0.4, 0.5) is 13.2 Å². The van der Waals surface area contributed by atoms with Crippen molar-refractivity contribution in [3.8, 4) is 17.2 Å². The molecular weight excluding hydrogens is 509 g/mol. The number of carbonyl (C=O) groups is 1. The molecule has 0 unspecified atom stereocenters. The number of esters is 1. The SMILES string of the molecule is CC(C)COC(=O)[C@@H](C)Oc1ccc2c(=O)c(Oc3ccccc3Br)c(C(F)(F)F)oc2c1. The fraction of sp³-hybridized carbons (Fsp3) is 0.304. The molecule has 0 radical (unpaired) electrons. The molecule has 0 aliphatic rings. The Kier molecular flexibility index (Phi) is 7.36. The Morgan fingerprint density at radius 3 is 2.45 bits per heavy atom. The molecule has 0 spiro atoms. The average molecular weight is 529 g/mol. The minimum atomic E-state index is -5.01. The highest BCUT2D eigenvalue weighted by atomic mass is 79.9. The van der Waals surface area contributed by atoms with E-state index in [-0.39, 0.29) is 35.0 Å². The molecule has 33 heavy (non-hydrogen) atoms. The second-order valence-electron chi connectivity index (χ2n) is 7.56. The van der Waals surface area contributed by atoms with Crippen LogP contribution in [0.5, 0.6) is 17.2 Å². The lowest BCUT2D eigenvalue weighted by Gasteiger charge is -2.16. The Balaban J connectivity index is 1.99. The first-order valence-electron chi connectivity index (χ1n) is 9.91. The van der Waals surface area contributed by atoms with E-state index in [0.717, 1.165) is 6.07 Å². The molecule has 0 saturated heterocycles. The van der Waals surface area contributed by atoms with E-state index < -0.39 is 35.2 Å². The molecule has 6 nitrogen and oxygen atoms in total. The average Bonchev–Trinajstić information content (AvgIpc) is 2.74. The summed E-state index contributed by atoms with van der Waals surface area (Å²) in [5.74, 6) is -3.02. The zero-order chi connectivity index (χ0) is 24.3. The fourth-order valence-electron chi connectivity index (χ4n) is 2.76. The summed E-state index contributed by atoms with van der Waals surface area (Å²) >= 11 is 3.17. The Morgan fingerprint density at radius 1 is 1.12 bits per heavy atom. The van der Waals surface area contributed by atoms with Gasteiger partial charge in [0.05, 0.1) is 16.5 Å².